The Balaban J connectivity index is 2.64. The number of carbonyl (C=O) groups is 1. The molecule has 1 aromatic heterocycles. The van der Waals surface area contributed by atoms with Crippen LogP contribution >= 0.6 is 15.9 Å². The van der Waals surface area contributed by atoms with Crippen LogP contribution in [0.1, 0.15) is 21.5 Å². The van der Waals surface area contributed by atoms with Gasteiger partial charge in [-0.1, -0.05) is 0 Å². The minimum Gasteiger partial charge on any atom is -0.298 e. The molecule has 17 heavy (non-hydrogen) atoms. The van der Waals surface area contributed by atoms with Gasteiger partial charge in [-0.15, -0.1) is 0 Å². The molecule has 0 radical (unpaired) electrons. The number of hydrogen-bond acceptors (Lipinski definition) is 2. The number of aromatic nitrogens is 2. The molecule has 0 aliphatic rings. The Morgan fingerprint density at radius 2 is 1.94 bits per heavy atom. The topological polar surface area (TPSA) is 34.9 Å². The third kappa shape index (κ3) is 2.17. The van der Waals surface area contributed by atoms with Gasteiger partial charge in [-0.2, -0.15) is 5.10 Å². The summed E-state index contributed by atoms with van der Waals surface area (Å²) in [6.07, 6.45) is 0.894. The van der Waals surface area contributed by atoms with Crippen LogP contribution in [0.15, 0.2) is 22.8 Å². The highest BCUT2D eigenvalue weighted by atomic mass is 79.9. The van der Waals surface area contributed by atoms with Crippen LogP contribution in [-0.2, 0) is 7.05 Å². The van der Waals surface area contributed by atoms with Gasteiger partial charge in [-0.25, -0.2) is 0 Å². The molecule has 1 aromatic carbocycles. The first-order valence-electron chi connectivity index (χ1n) is 5.29. The van der Waals surface area contributed by atoms with Crippen LogP contribution in [0.3, 0.4) is 0 Å². The van der Waals surface area contributed by atoms with Gasteiger partial charge in [0.2, 0.25) is 0 Å². The summed E-state index contributed by atoms with van der Waals surface area (Å²) < 4.78 is 2.64. The first kappa shape index (κ1) is 12.0. The van der Waals surface area contributed by atoms with Gasteiger partial charge >= 0.3 is 0 Å². The van der Waals surface area contributed by atoms with Gasteiger partial charge in [0.25, 0.3) is 0 Å². The van der Waals surface area contributed by atoms with Crippen molar-refractivity contribution < 1.29 is 4.79 Å². The molecule has 4 heteroatoms. The normalized spacial score (nSPS) is 10.6. The Morgan fingerprint density at radius 1 is 1.24 bits per heavy atom. The van der Waals surface area contributed by atoms with Crippen LogP contribution < -0.4 is 0 Å². The summed E-state index contributed by atoms with van der Waals surface area (Å²) in [5.41, 5.74) is 4.95. The number of rotatable bonds is 2. The number of aryl methyl sites for hydroxylation is 3. The summed E-state index contributed by atoms with van der Waals surface area (Å²) in [5, 5.41) is 4.26. The monoisotopic (exact) mass is 292 g/mol. The fourth-order valence-corrected chi connectivity index (χ4v) is 2.38. The van der Waals surface area contributed by atoms with Crippen LogP contribution in [0.25, 0.3) is 11.3 Å². The molecule has 3 nitrogen and oxygen atoms in total. The second-order valence-corrected chi connectivity index (χ2v) is 4.93. The molecule has 0 spiro atoms. The number of carbonyl (C=O) groups excluding carboxylic acids is 1. The van der Waals surface area contributed by atoms with Crippen molar-refractivity contribution >= 4 is 22.2 Å². The predicted octanol–water partition coefficient (Wildman–Crippen LogP) is 3.28. The number of benzene rings is 1. The van der Waals surface area contributed by atoms with E-state index in [4.69, 9.17) is 0 Å². The highest BCUT2D eigenvalue weighted by Crippen LogP contribution is 2.27. The van der Waals surface area contributed by atoms with Crippen LogP contribution in [0, 0.1) is 13.8 Å². The summed E-state index contributed by atoms with van der Waals surface area (Å²) in [4.78, 5) is 10.9. The lowest BCUT2D eigenvalue weighted by Gasteiger charge is -2.09. The SMILES string of the molecule is Cc1cc(-c2cc(Br)nn2C)c(C)cc1C=O. The molecule has 2 rings (SSSR count). The van der Waals surface area contributed by atoms with Crippen molar-refractivity contribution in [2.24, 2.45) is 7.05 Å². The van der Waals surface area contributed by atoms with Crippen LogP contribution in [0.2, 0.25) is 0 Å². The number of nitrogens with zero attached hydrogens (tertiary/aromatic N) is 2. The van der Waals surface area contributed by atoms with Crippen LogP contribution in [0.5, 0.6) is 0 Å². The second kappa shape index (κ2) is 4.45. The van der Waals surface area contributed by atoms with Gasteiger partial charge < -0.3 is 0 Å². The van der Waals surface area contributed by atoms with E-state index in [-0.39, 0.29) is 0 Å². The fourth-order valence-electron chi connectivity index (χ4n) is 1.93. The lowest BCUT2D eigenvalue weighted by molar-refractivity contribution is 0.112. The van der Waals surface area contributed by atoms with E-state index in [0.29, 0.717) is 0 Å². The molecule has 0 aliphatic heterocycles. The van der Waals surface area contributed by atoms with Gasteiger partial charge in [0.15, 0.2) is 0 Å². The van der Waals surface area contributed by atoms with Gasteiger partial charge in [-0.05, 0) is 59.1 Å². The van der Waals surface area contributed by atoms with Gasteiger partial charge in [0.1, 0.15) is 10.9 Å². The molecule has 2 aromatic rings. The van der Waals surface area contributed by atoms with E-state index >= 15 is 0 Å². The molecular formula is C13H13BrN2O. The van der Waals surface area contributed by atoms with Crippen molar-refractivity contribution in [3.8, 4) is 11.3 Å². The molecule has 0 atom stereocenters. The van der Waals surface area contributed by atoms with E-state index in [1.165, 1.54) is 0 Å². The zero-order chi connectivity index (χ0) is 12.6. The lowest BCUT2D eigenvalue weighted by atomic mass is 9.98. The molecule has 0 amide bonds. The van der Waals surface area contributed by atoms with Crippen molar-refractivity contribution in [3.05, 3.63) is 39.5 Å². The van der Waals surface area contributed by atoms with E-state index in [2.05, 4.69) is 21.0 Å². The lowest BCUT2D eigenvalue weighted by Crippen LogP contribution is -1.97. The zero-order valence-corrected chi connectivity index (χ0v) is 11.6. The Morgan fingerprint density at radius 3 is 2.47 bits per heavy atom. The standard InChI is InChI=1S/C13H13BrN2O/c1-8-5-11(9(2)4-10(8)7-17)12-6-13(14)15-16(12)3/h4-7H,1-3H3. The van der Waals surface area contributed by atoms with Gasteiger partial charge in [0, 0.05) is 18.2 Å². The highest BCUT2D eigenvalue weighted by Gasteiger charge is 2.10. The van der Waals surface area contributed by atoms with E-state index < -0.39 is 0 Å². The Hall–Kier alpha value is -1.42. The molecule has 0 unspecified atom stereocenters. The smallest absolute Gasteiger partial charge is 0.150 e. The quantitative estimate of drug-likeness (QED) is 0.796. The summed E-state index contributed by atoms with van der Waals surface area (Å²) in [6, 6.07) is 5.92. The largest absolute Gasteiger partial charge is 0.298 e. The van der Waals surface area contributed by atoms with E-state index in [1.807, 2.05) is 43.8 Å². The highest BCUT2D eigenvalue weighted by molar-refractivity contribution is 9.10. The third-order valence-corrected chi connectivity index (χ3v) is 3.25. The average Bonchev–Trinajstić information content (AvgIpc) is 2.60. The van der Waals surface area contributed by atoms with Gasteiger partial charge in [0.05, 0.1) is 5.69 Å². The maximum atomic E-state index is 10.9. The fraction of sp³-hybridized carbons (Fsp3) is 0.231. The third-order valence-electron chi connectivity index (χ3n) is 2.87. The average molecular weight is 293 g/mol. The summed E-state index contributed by atoms with van der Waals surface area (Å²) in [6.45, 7) is 3.95. The molecule has 0 saturated heterocycles. The number of hydrogen-bond donors (Lipinski definition) is 0. The molecule has 0 fully saturated rings. The van der Waals surface area contributed by atoms with Crippen molar-refractivity contribution in [2.45, 2.75) is 13.8 Å². The second-order valence-electron chi connectivity index (χ2n) is 4.12. The van der Waals surface area contributed by atoms with Crippen molar-refractivity contribution in [1.29, 1.82) is 0 Å². The Labute approximate surface area is 109 Å². The first-order chi connectivity index (χ1) is 8.02. The molecule has 0 N–H and O–H groups in total. The Kier molecular flexibility index (Phi) is 3.15. The molecule has 0 saturated carbocycles. The minimum absolute atomic E-state index is 0.743. The molecule has 88 valence electrons. The van der Waals surface area contributed by atoms with Gasteiger partial charge in [-0.3, -0.25) is 9.48 Å². The molecule has 0 bridgehead atoms. The van der Waals surface area contributed by atoms with E-state index in [9.17, 15) is 4.79 Å². The van der Waals surface area contributed by atoms with Crippen molar-refractivity contribution in [2.75, 3.05) is 0 Å². The maximum absolute atomic E-state index is 10.9. The molecular weight excluding hydrogens is 280 g/mol. The van der Waals surface area contributed by atoms with E-state index in [0.717, 1.165) is 38.8 Å². The summed E-state index contributed by atoms with van der Waals surface area (Å²) in [5.74, 6) is 0. The van der Waals surface area contributed by atoms with Crippen molar-refractivity contribution in [1.82, 2.24) is 9.78 Å². The summed E-state index contributed by atoms with van der Waals surface area (Å²) >= 11 is 3.36. The van der Waals surface area contributed by atoms with Crippen LogP contribution in [0.4, 0.5) is 0 Å². The summed E-state index contributed by atoms with van der Waals surface area (Å²) in [7, 11) is 1.91. The minimum atomic E-state index is 0.743. The number of aldehydes is 1. The molecule has 1 heterocycles. The number of halogens is 1. The van der Waals surface area contributed by atoms with Crippen LogP contribution in [-0.4, -0.2) is 16.1 Å². The zero-order valence-electron chi connectivity index (χ0n) is 9.99. The Bertz CT molecular complexity index is 587. The van der Waals surface area contributed by atoms with Crippen molar-refractivity contribution in [3.63, 3.8) is 0 Å². The maximum Gasteiger partial charge on any atom is 0.150 e. The molecule has 0 aliphatic carbocycles. The predicted molar refractivity (Wildman–Crippen MR) is 71.2 cm³/mol. The first-order valence-corrected chi connectivity index (χ1v) is 6.08. The van der Waals surface area contributed by atoms with E-state index in [1.54, 1.807) is 0 Å².